The Bertz CT molecular complexity index is 971. The molecule has 2 aromatic carbocycles. The number of hydrogen-bond donors (Lipinski definition) is 1. The second kappa shape index (κ2) is 9.00. The molecule has 30 heavy (non-hydrogen) atoms. The number of carbonyl (C=O) groups is 1. The first-order chi connectivity index (χ1) is 14.5. The molecular weight excluding hydrogens is 377 g/mol. The third kappa shape index (κ3) is 4.73. The van der Waals surface area contributed by atoms with E-state index in [2.05, 4.69) is 23.7 Å². The SMILES string of the molecule is CC(C)N(CC1CCN(Cc2cccc(F)c2)CC1)C(=O)c1cc2ccccc2[nH]1. The van der Waals surface area contributed by atoms with Crippen molar-refractivity contribution in [1.29, 1.82) is 0 Å². The third-order valence-electron chi connectivity index (χ3n) is 6.10. The Hall–Kier alpha value is -2.66. The summed E-state index contributed by atoms with van der Waals surface area (Å²) in [5, 5.41) is 1.07. The van der Waals surface area contributed by atoms with Crippen molar-refractivity contribution in [3.63, 3.8) is 0 Å². The van der Waals surface area contributed by atoms with Gasteiger partial charge in [-0.2, -0.15) is 0 Å². The first-order valence-corrected chi connectivity index (χ1v) is 10.8. The van der Waals surface area contributed by atoms with Crippen molar-refractivity contribution in [3.8, 4) is 0 Å². The summed E-state index contributed by atoms with van der Waals surface area (Å²) >= 11 is 0. The van der Waals surface area contributed by atoms with Gasteiger partial charge in [0.25, 0.3) is 5.91 Å². The van der Waals surface area contributed by atoms with Crippen molar-refractivity contribution < 1.29 is 9.18 Å². The highest BCUT2D eigenvalue weighted by atomic mass is 19.1. The maximum absolute atomic E-state index is 13.4. The molecule has 1 N–H and O–H groups in total. The maximum Gasteiger partial charge on any atom is 0.270 e. The highest BCUT2D eigenvalue weighted by molar-refractivity contribution is 5.98. The molecule has 0 aliphatic carbocycles. The van der Waals surface area contributed by atoms with Gasteiger partial charge in [-0.1, -0.05) is 30.3 Å². The van der Waals surface area contributed by atoms with Crippen molar-refractivity contribution >= 4 is 16.8 Å². The molecule has 2 heterocycles. The Labute approximate surface area is 177 Å². The van der Waals surface area contributed by atoms with Gasteiger partial charge < -0.3 is 9.88 Å². The maximum atomic E-state index is 13.4. The van der Waals surface area contributed by atoms with Crippen LogP contribution in [0.5, 0.6) is 0 Å². The summed E-state index contributed by atoms with van der Waals surface area (Å²) in [5.41, 5.74) is 2.68. The predicted molar refractivity (Wildman–Crippen MR) is 119 cm³/mol. The molecule has 1 amide bonds. The van der Waals surface area contributed by atoms with Crippen LogP contribution in [-0.4, -0.2) is 46.4 Å². The van der Waals surface area contributed by atoms with Crippen molar-refractivity contribution in [2.45, 2.75) is 39.3 Å². The van der Waals surface area contributed by atoms with Crippen LogP contribution in [0.3, 0.4) is 0 Å². The minimum atomic E-state index is -0.176. The number of likely N-dealkylation sites (tertiary alicyclic amines) is 1. The molecule has 1 aliphatic rings. The highest BCUT2D eigenvalue weighted by Crippen LogP contribution is 2.23. The molecule has 0 bridgehead atoms. The van der Waals surface area contributed by atoms with Gasteiger partial charge in [0.05, 0.1) is 0 Å². The predicted octanol–water partition coefficient (Wildman–Crippen LogP) is 5.07. The van der Waals surface area contributed by atoms with Gasteiger partial charge in [0.15, 0.2) is 0 Å². The van der Waals surface area contributed by atoms with Crippen LogP contribution in [0.1, 0.15) is 42.7 Å². The van der Waals surface area contributed by atoms with E-state index in [4.69, 9.17) is 0 Å². The molecule has 0 radical (unpaired) electrons. The Balaban J connectivity index is 1.36. The topological polar surface area (TPSA) is 39.3 Å². The van der Waals surface area contributed by atoms with E-state index in [0.29, 0.717) is 11.6 Å². The minimum Gasteiger partial charge on any atom is -0.351 e. The lowest BCUT2D eigenvalue weighted by atomic mass is 9.95. The molecule has 1 aliphatic heterocycles. The molecule has 1 fully saturated rings. The molecule has 5 heteroatoms. The van der Waals surface area contributed by atoms with Crippen LogP contribution in [0.15, 0.2) is 54.6 Å². The standard InChI is InChI=1S/C25H30FN3O/c1-18(2)29(25(30)24-15-21-7-3-4-9-23(21)27-24)17-19-10-12-28(13-11-19)16-20-6-5-8-22(26)14-20/h3-9,14-15,18-19,27H,10-13,16-17H2,1-2H3. The first-order valence-electron chi connectivity index (χ1n) is 10.8. The number of nitrogens with zero attached hydrogens (tertiary/aromatic N) is 2. The number of aromatic nitrogens is 1. The molecule has 4 nitrogen and oxygen atoms in total. The van der Waals surface area contributed by atoms with Gasteiger partial charge in [0, 0.05) is 30.0 Å². The number of nitrogens with one attached hydrogen (secondary N) is 1. The van der Waals surface area contributed by atoms with E-state index in [-0.39, 0.29) is 17.8 Å². The first kappa shape index (κ1) is 20.6. The summed E-state index contributed by atoms with van der Waals surface area (Å²) in [6.07, 6.45) is 2.11. The zero-order chi connectivity index (χ0) is 21.1. The van der Waals surface area contributed by atoms with Gasteiger partial charge >= 0.3 is 0 Å². The van der Waals surface area contributed by atoms with E-state index in [1.807, 2.05) is 41.3 Å². The van der Waals surface area contributed by atoms with E-state index in [1.165, 1.54) is 6.07 Å². The summed E-state index contributed by atoms with van der Waals surface area (Å²) in [6, 6.07) is 16.9. The van der Waals surface area contributed by atoms with Crippen LogP contribution < -0.4 is 0 Å². The van der Waals surface area contributed by atoms with Crippen molar-refractivity contribution in [2.75, 3.05) is 19.6 Å². The molecule has 0 saturated carbocycles. The molecular formula is C25H30FN3O. The van der Waals surface area contributed by atoms with Gasteiger partial charge in [-0.25, -0.2) is 4.39 Å². The smallest absolute Gasteiger partial charge is 0.270 e. The number of carbonyl (C=O) groups excluding carboxylic acids is 1. The van der Waals surface area contributed by atoms with Gasteiger partial charge in [0.2, 0.25) is 0 Å². The zero-order valence-electron chi connectivity index (χ0n) is 17.8. The van der Waals surface area contributed by atoms with E-state index in [0.717, 1.165) is 55.5 Å². The molecule has 4 rings (SSSR count). The van der Waals surface area contributed by atoms with Crippen LogP contribution in [-0.2, 0) is 6.54 Å². The second-order valence-electron chi connectivity index (χ2n) is 8.67. The van der Waals surface area contributed by atoms with Crippen LogP contribution in [0.25, 0.3) is 10.9 Å². The number of para-hydroxylation sites is 1. The minimum absolute atomic E-state index is 0.0726. The van der Waals surface area contributed by atoms with E-state index in [1.54, 1.807) is 12.1 Å². The fourth-order valence-electron chi connectivity index (χ4n) is 4.37. The van der Waals surface area contributed by atoms with Crippen molar-refractivity contribution in [1.82, 2.24) is 14.8 Å². The fourth-order valence-corrected chi connectivity index (χ4v) is 4.37. The summed E-state index contributed by atoms with van der Waals surface area (Å²) in [6.45, 7) is 7.69. The lowest BCUT2D eigenvalue weighted by molar-refractivity contribution is 0.0620. The highest BCUT2D eigenvalue weighted by Gasteiger charge is 2.26. The summed E-state index contributed by atoms with van der Waals surface area (Å²) in [5.74, 6) is 0.387. The van der Waals surface area contributed by atoms with Gasteiger partial charge in [-0.3, -0.25) is 9.69 Å². The molecule has 3 aromatic rings. The van der Waals surface area contributed by atoms with Crippen LogP contribution in [0.2, 0.25) is 0 Å². The largest absolute Gasteiger partial charge is 0.351 e. The Morgan fingerprint density at radius 1 is 1.13 bits per heavy atom. The Morgan fingerprint density at radius 2 is 1.90 bits per heavy atom. The monoisotopic (exact) mass is 407 g/mol. The Kier molecular flexibility index (Phi) is 6.18. The van der Waals surface area contributed by atoms with E-state index < -0.39 is 0 Å². The quantitative estimate of drug-likeness (QED) is 0.620. The van der Waals surface area contributed by atoms with Crippen LogP contribution in [0, 0.1) is 11.7 Å². The van der Waals surface area contributed by atoms with E-state index in [9.17, 15) is 9.18 Å². The van der Waals surface area contributed by atoms with Gasteiger partial charge in [-0.15, -0.1) is 0 Å². The number of hydrogen-bond acceptors (Lipinski definition) is 2. The molecule has 0 atom stereocenters. The number of piperidine rings is 1. The number of aromatic amines is 1. The van der Waals surface area contributed by atoms with Gasteiger partial charge in [0.1, 0.15) is 11.5 Å². The summed E-state index contributed by atoms with van der Waals surface area (Å²) < 4.78 is 13.4. The fraction of sp³-hybridized carbons (Fsp3) is 0.400. The molecule has 1 aromatic heterocycles. The van der Waals surface area contributed by atoms with Crippen LogP contribution in [0.4, 0.5) is 4.39 Å². The second-order valence-corrected chi connectivity index (χ2v) is 8.67. The number of rotatable bonds is 6. The number of amides is 1. The zero-order valence-corrected chi connectivity index (χ0v) is 17.8. The van der Waals surface area contributed by atoms with Crippen molar-refractivity contribution in [2.24, 2.45) is 5.92 Å². The summed E-state index contributed by atoms with van der Waals surface area (Å²) in [4.78, 5) is 20.9. The Morgan fingerprint density at radius 3 is 2.60 bits per heavy atom. The molecule has 0 spiro atoms. The van der Waals surface area contributed by atoms with Crippen LogP contribution >= 0.6 is 0 Å². The molecule has 158 valence electrons. The average Bonchev–Trinajstić information content (AvgIpc) is 3.17. The number of H-pyrrole nitrogens is 1. The van der Waals surface area contributed by atoms with Crippen molar-refractivity contribution in [3.05, 3.63) is 71.7 Å². The summed E-state index contributed by atoms with van der Waals surface area (Å²) in [7, 11) is 0. The third-order valence-corrected chi connectivity index (χ3v) is 6.10. The lowest BCUT2D eigenvalue weighted by Crippen LogP contribution is -2.43. The number of fused-ring (bicyclic) bond motifs is 1. The van der Waals surface area contributed by atoms with E-state index >= 15 is 0 Å². The normalized spacial score (nSPS) is 15.7. The van der Waals surface area contributed by atoms with Gasteiger partial charge in [-0.05, 0) is 75.5 Å². The number of halogens is 1. The number of benzene rings is 2. The lowest BCUT2D eigenvalue weighted by Gasteiger charge is -2.36. The molecule has 0 unspecified atom stereocenters. The average molecular weight is 408 g/mol. The molecule has 1 saturated heterocycles.